The highest BCUT2D eigenvalue weighted by molar-refractivity contribution is 7.98. The number of hydrogen-bond donors (Lipinski definition) is 2. The topological polar surface area (TPSA) is 8.88 Å². The van der Waals surface area contributed by atoms with E-state index in [1.165, 1.54) is 81.7 Å². The third-order valence-corrected chi connectivity index (χ3v) is 6.37. The summed E-state index contributed by atoms with van der Waals surface area (Å²) >= 11 is 1.83. The van der Waals surface area contributed by atoms with Crippen LogP contribution in [-0.2, 0) is 6.54 Å². The van der Waals surface area contributed by atoms with Gasteiger partial charge in [-0.2, -0.15) is 0 Å². The molecule has 2 nitrogen and oxygen atoms in total. The lowest BCUT2D eigenvalue weighted by Gasteiger charge is -2.34. The van der Waals surface area contributed by atoms with Gasteiger partial charge in [-0.3, -0.25) is 0 Å². The Balaban J connectivity index is 1.46. The molecule has 2 heterocycles. The molecule has 1 aromatic carbocycles. The Morgan fingerprint density at radius 1 is 0.909 bits per heavy atom. The van der Waals surface area contributed by atoms with Crippen LogP contribution in [0.1, 0.15) is 44.1 Å². The van der Waals surface area contributed by atoms with Crippen molar-refractivity contribution in [1.82, 2.24) is 0 Å². The largest absolute Gasteiger partial charge is 0.332 e. The van der Waals surface area contributed by atoms with Crippen molar-refractivity contribution in [2.75, 3.05) is 32.4 Å². The Labute approximate surface area is 140 Å². The molecule has 0 aromatic heterocycles. The molecule has 2 aliphatic rings. The average molecular weight is 321 g/mol. The molecule has 0 saturated carbocycles. The molecule has 2 N–H and O–H groups in total. The first-order valence-electron chi connectivity index (χ1n) is 9.16. The highest BCUT2D eigenvalue weighted by Gasteiger charge is 2.30. The zero-order valence-corrected chi connectivity index (χ0v) is 14.9. The Bertz CT molecular complexity index is 429. The number of nitrogens with one attached hydrogen (secondary N) is 2. The zero-order chi connectivity index (χ0) is 15.2. The molecule has 1 aromatic rings. The van der Waals surface area contributed by atoms with Gasteiger partial charge in [-0.05, 0) is 44.1 Å². The number of quaternary nitrogens is 2. The van der Waals surface area contributed by atoms with Crippen LogP contribution in [0.3, 0.4) is 0 Å². The van der Waals surface area contributed by atoms with Crippen LogP contribution in [0.25, 0.3) is 0 Å². The quantitative estimate of drug-likeness (QED) is 0.798. The first-order valence-corrected chi connectivity index (χ1v) is 10.4. The lowest BCUT2D eigenvalue weighted by Crippen LogP contribution is -3.20. The van der Waals surface area contributed by atoms with Gasteiger partial charge in [-0.15, -0.1) is 11.8 Å². The van der Waals surface area contributed by atoms with Crippen molar-refractivity contribution in [2.45, 2.75) is 56.0 Å². The highest BCUT2D eigenvalue weighted by Crippen LogP contribution is 2.14. The van der Waals surface area contributed by atoms with Gasteiger partial charge in [0, 0.05) is 23.3 Å². The SMILES string of the molecule is CSc1ccc(C[NH+]2CCC([NH+]3CCCCCC3)CC2)cc1. The second-order valence-corrected chi connectivity index (χ2v) is 8.00. The first kappa shape index (κ1) is 16.4. The molecule has 122 valence electrons. The van der Waals surface area contributed by atoms with E-state index in [1.807, 2.05) is 16.7 Å². The van der Waals surface area contributed by atoms with E-state index in [0.717, 1.165) is 6.04 Å². The fraction of sp³-hybridized carbons (Fsp3) is 0.684. The van der Waals surface area contributed by atoms with Crippen LogP contribution in [0.15, 0.2) is 29.2 Å². The van der Waals surface area contributed by atoms with E-state index in [9.17, 15) is 0 Å². The standard InChI is InChI=1S/C19H30N2S/c1-22-19-8-6-17(7-9-19)16-20-14-10-18(11-15-20)21-12-4-2-3-5-13-21/h6-9,18H,2-5,10-16H2,1H3/p+2. The molecule has 0 amide bonds. The molecule has 0 radical (unpaired) electrons. The maximum absolute atomic E-state index is 2.32. The number of thioether (sulfide) groups is 1. The van der Waals surface area contributed by atoms with Gasteiger partial charge in [-0.1, -0.05) is 12.1 Å². The average Bonchev–Trinajstić information content (AvgIpc) is 2.86. The number of hydrogen-bond acceptors (Lipinski definition) is 1. The van der Waals surface area contributed by atoms with Crippen LogP contribution in [-0.4, -0.2) is 38.5 Å². The third kappa shape index (κ3) is 4.50. The summed E-state index contributed by atoms with van der Waals surface area (Å²) in [5, 5.41) is 0. The van der Waals surface area contributed by atoms with Crippen molar-refractivity contribution in [3.8, 4) is 0 Å². The lowest BCUT2D eigenvalue weighted by molar-refractivity contribution is -0.963. The molecule has 0 atom stereocenters. The normalized spacial score (nSPS) is 27.5. The van der Waals surface area contributed by atoms with Gasteiger partial charge in [0.25, 0.3) is 0 Å². The van der Waals surface area contributed by atoms with Gasteiger partial charge >= 0.3 is 0 Å². The molecule has 2 fully saturated rings. The Kier molecular flexibility index (Phi) is 6.22. The number of piperidine rings is 1. The molecular formula is C19H32N2S+2. The molecule has 0 bridgehead atoms. The molecular weight excluding hydrogens is 288 g/mol. The minimum atomic E-state index is 0.959. The minimum absolute atomic E-state index is 0.959. The molecule has 2 saturated heterocycles. The number of benzene rings is 1. The van der Waals surface area contributed by atoms with E-state index >= 15 is 0 Å². The van der Waals surface area contributed by atoms with E-state index in [-0.39, 0.29) is 0 Å². The maximum atomic E-state index is 2.32. The summed E-state index contributed by atoms with van der Waals surface area (Å²) < 4.78 is 0. The van der Waals surface area contributed by atoms with Crippen molar-refractivity contribution >= 4 is 11.8 Å². The molecule has 3 heteroatoms. The van der Waals surface area contributed by atoms with Crippen LogP contribution in [0.5, 0.6) is 0 Å². The highest BCUT2D eigenvalue weighted by atomic mass is 32.2. The van der Waals surface area contributed by atoms with Crippen molar-refractivity contribution in [3.05, 3.63) is 29.8 Å². The summed E-state index contributed by atoms with van der Waals surface area (Å²) in [6, 6.07) is 10.2. The summed E-state index contributed by atoms with van der Waals surface area (Å²) in [6.45, 7) is 6.85. The zero-order valence-electron chi connectivity index (χ0n) is 14.1. The predicted molar refractivity (Wildman–Crippen MR) is 94.8 cm³/mol. The van der Waals surface area contributed by atoms with Crippen LogP contribution < -0.4 is 9.80 Å². The fourth-order valence-corrected chi connectivity index (χ4v) is 4.64. The Hall–Kier alpha value is -0.510. The van der Waals surface area contributed by atoms with Crippen LogP contribution in [0, 0.1) is 0 Å². The lowest BCUT2D eigenvalue weighted by atomic mass is 10.0. The summed E-state index contributed by atoms with van der Waals surface area (Å²) in [7, 11) is 0. The van der Waals surface area contributed by atoms with E-state index in [1.54, 1.807) is 4.90 Å². The fourth-order valence-electron chi connectivity index (χ4n) is 4.23. The maximum Gasteiger partial charge on any atom is 0.103 e. The monoisotopic (exact) mass is 320 g/mol. The number of likely N-dealkylation sites (tertiary alicyclic amines) is 2. The number of rotatable bonds is 4. The van der Waals surface area contributed by atoms with Gasteiger partial charge in [0.15, 0.2) is 0 Å². The van der Waals surface area contributed by atoms with E-state index < -0.39 is 0 Å². The molecule has 2 aliphatic heterocycles. The van der Waals surface area contributed by atoms with E-state index in [4.69, 9.17) is 0 Å². The predicted octanol–water partition coefficient (Wildman–Crippen LogP) is 1.41. The van der Waals surface area contributed by atoms with E-state index in [2.05, 4.69) is 30.5 Å². The van der Waals surface area contributed by atoms with Crippen LogP contribution >= 0.6 is 11.8 Å². The summed E-state index contributed by atoms with van der Waals surface area (Å²) in [4.78, 5) is 5.10. The third-order valence-electron chi connectivity index (χ3n) is 5.63. The summed E-state index contributed by atoms with van der Waals surface area (Å²) in [6.07, 6.45) is 10.9. The van der Waals surface area contributed by atoms with Gasteiger partial charge in [0.05, 0.1) is 32.2 Å². The second kappa shape index (κ2) is 8.37. The molecule has 0 aliphatic carbocycles. The summed E-state index contributed by atoms with van der Waals surface area (Å²) in [5.74, 6) is 0. The van der Waals surface area contributed by atoms with Gasteiger partial charge < -0.3 is 9.80 Å². The van der Waals surface area contributed by atoms with Gasteiger partial charge in [0.2, 0.25) is 0 Å². The smallest absolute Gasteiger partial charge is 0.103 e. The van der Waals surface area contributed by atoms with Crippen LogP contribution in [0.2, 0.25) is 0 Å². The Morgan fingerprint density at radius 2 is 1.55 bits per heavy atom. The molecule has 0 unspecified atom stereocenters. The summed E-state index contributed by atoms with van der Waals surface area (Å²) in [5.41, 5.74) is 1.51. The van der Waals surface area contributed by atoms with Crippen molar-refractivity contribution in [2.24, 2.45) is 0 Å². The molecule has 0 spiro atoms. The Morgan fingerprint density at radius 3 is 2.14 bits per heavy atom. The molecule has 3 rings (SSSR count). The van der Waals surface area contributed by atoms with Crippen molar-refractivity contribution < 1.29 is 9.80 Å². The van der Waals surface area contributed by atoms with Crippen LogP contribution in [0.4, 0.5) is 0 Å². The van der Waals surface area contributed by atoms with E-state index in [0.29, 0.717) is 0 Å². The first-order chi connectivity index (χ1) is 10.8. The van der Waals surface area contributed by atoms with Gasteiger partial charge in [0.1, 0.15) is 6.54 Å². The minimum Gasteiger partial charge on any atom is -0.332 e. The van der Waals surface area contributed by atoms with Gasteiger partial charge in [-0.25, -0.2) is 0 Å². The second-order valence-electron chi connectivity index (χ2n) is 7.12. The molecule has 22 heavy (non-hydrogen) atoms. The van der Waals surface area contributed by atoms with Crippen molar-refractivity contribution in [1.29, 1.82) is 0 Å². The van der Waals surface area contributed by atoms with Crippen molar-refractivity contribution in [3.63, 3.8) is 0 Å².